The van der Waals surface area contributed by atoms with Crippen LogP contribution in [0.3, 0.4) is 0 Å². The summed E-state index contributed by atoms with van der Waals surface area (Å²) in [6.07, 6.45) is -5.49. The first-order chi connectivity index (χ1) is 13.8. The Hall–Kier alpha value is -2.32. The number of oxime groups is 1. The van der Waals surface area contributed by atoms with Crippen LogP contribution in [0.25, 0.3) is 0 Å². The lowest BCUT2D eigenvalue weighted by atomic mass is 9.72. The van der Waals surface area contributed by atoms with Crippen molar-refractivity contribution in [3.05, 3.63) is 63.9 Å². The topological polar surface area (TPSA) is 62.0 Å². The summed E-state index contributed by atoms with van der Waals surface area (Å²) in [6, 6.07) is 7.65. The van der Waals surface area contributed by atoms with Crippen molar-refractivity contribution in [1.29, 1.82) is 0 Å². The van der Waals surface area contributed by atoms with Crippen LogP contribution in [-0.2, 0) is 11.8 Å². The lowest BCUT2D eigenvalue weighted by molar-refractivity contribution is -0.266. The Morgan fingerprint density at radius 3 is 2.33 bits per heavy atom. The summed E-state index contributed by atoms with van der Waals surface area (Å²) in [6.45, 7) is 2.95. The highest BCUT2D eigenvalue weighted by molar-refractivity contribution is 6.31. The van der Waals surface area contributed by atoms with E-state index in [-0.39, 0.29) is 21.9 Å². The Balaban J connectivity index is 2.46. The van der Waals surface area contributed by atoms with Crippen LogP contribution in [0.2, 0.25) is 5.02 Å². The zero-order valence-corrected chi connectivity index (χ0v) is 17.4. The molecule has 0 saturated carbocycles. The molecule has 0 fully saturated rings. The van der Waals surface area contributed by atoms with Crippen LogP contribution in [0.1, 0.15) is 37.0 Å². The van der Waals surface area contributed by atoms with Crippen molar-refractivity contribution < 1.29 is 32.6 Å². The Morgan fingerprint density at radius 1 is 1.13 bits per heavy atom. The zero-order chi connectivity index (χ0) is 22.7. The van der Waals surface area contributed by atoms with Gasteiger partial charge in [-0.2, -0.15) is 13.2 Å². The average Bonchev–Trinajstić information content (AvgIpc) is 2.63. The van der Waals surface area contributed by atoms with Gasteiger partial charge in [-0.3, -0.25) is 0 Å². The maximum Gasteiger partial charge on any atom is 0.417 e. The van der Waals surface area contributed by atoms with Gasteiger partial charge >= 0.3 is 6.18 Å². The highest BCUT2D eigenvalue weighted by atomic mass is 35.5. The van der Waals surface area contributed by atoms with Gasteiger partial charge < -0.3 is 15.1 Å². The van der Waals surface area contributed by atoms with Crippen LogP contribution in [0, 0.1) is 5.82 Å². The number of methoxy groups -OCH3 is 1. The van der Waals surface area contributed by atoms with Gasteiger partial charge in [0.2, 0.25) is 0 Å². The maximum atomic E-state index is 14.0. The minimum atomic E-state index is -4.99. The number of hydrogen-bond donors (Lipinski definition) is 2. The van der Waals surface area contributed by atoms with Gasteiger partial charge in [-0.15, -0.1) is 0 Å². The van der Waals surface area contributed by atoms with Crippen LogP contribution >= 0.6 is 11.6 Å². The summed E-state index contributed by atoms with van der Waals surface area (Å²) in [5, 5.41) is 22.1. The molecule has 30 heavy (non-hydrogen) atoms. The average molecular weight is 448 g/mol. The summed E-state index contributed by atoms with van der Waals surface area (Å²) in [7, 11) is 1.33. The number of ether oxygens (including phenoxy) is 1. The van der Waals surface area contributed by atoms with Gasteiger partial charge in [-0.05, 0) is 47.2 Å². The second-order valence-corrected chi connectivity index (χ2v) is 8.11. The molecule has 2 aromatic carbocycles. The minimum absolute atomic E-state index is 0.0174. The highest BCUT2D eigenvalue weighted by Crippen LogP contribution is 2.45. The van der Waals surface area contributed by atoms with E-state index >= 15 is 0 Å². The lowest BCUT2D eigenvalue weighted by Gasteiger charge is -2.38. The molecule has 0 spiro atoms. The third-order valence-corrected chi connectivity index (χ3v) is 5.27. The van der Waals surface area contributed by atoms with E-state index in [1.54, 1.807) is 0 Å². The summed E-state index contributed by atoms with van der Waals surface area (Å²) in [5.74, 6) is -0.407. The Labute approximate surface area is 176 Å². The fourth-order valence-electron chi connectivity index (χ4n) is 3.47. The molecule has 2 rings (SSSR count). The maximum absolute atomic E-state index is 14.0. The third-order valence-electron chi connectivity index (χ3n) is 4.92. The van der Waals surface area contributed by atoms with E-state index in [1.165, 1.54) is 45.2 Å². The van der Waals surface area contributed by atoms with E-state index in [0.717, 1.165) is 18.3 Å². The van der Waals surface area contributed by atoms with Crippen LogP contribution in [0.15, 0.2) is 41.6 Å². The van der Waals surface area contributed by atoms with Crippen LogP contribution < -0.4 is 4.74 Å². The molecule has 0 aliphatic rings. The molecule has 4 nitrogen and oxygen atoms in total. The lowest BCUT2D eigenvalue weighted by Crippen LogP contribution is -2.51. The zero-order valence-electron chi connectivity index (χ0n) is 16.6. The molecule has 164 valence electrons. The number of alkyl halides is 3. The molecule has 0 bridgehead atoms. The predicted molar refractivity (Wildman–Crippen MR) is 106 cm³/mol. The Kier molecular flexibility index (Phi) is 7.04. The predicted octanol–water partition coefficient (Wildman–Crippen LogP) is 5.50. The summed E-state index contributed by atoms with van der Waals surface area (Å²) in [5.41, 5.74) is -3.80. The van der Waals surface area contributed by atoms with E-state index in [1.807, 2.05) is 0 Å². The molecule has 1 atom stereocenters. The monoisotopic (exact) mass is 447 g/mol. The Morgan fingerprint density at radius 2 is 1.80 bits per heavy atom. The van der Waals surface area contributed by atoms with Crippen molar-refractivity contribution in [2.75, 3.05) is 7.11 Å². The summed E-state index contributed by atoms with van der Waals surface area (Å²) >= 11 is 6.09. The van der Waals surface area contributed by atoms with Crippen molar-refractivity contribution in [1.82, 2.24) is 0 Å². The first-order valence-corrected chi connectivity index (χ1v) is 9.30. The molecule has 0 aliphatic heterocycles. The fourth-order valence-corrected chi connectivity index (χ4v) is 3.72. The van der Waals surface area contributed by atoms with Gasteiger partial charge in [0.15, 0.2) is 5.60 Å². The van der Waals surface area contributed by atoms with Gasteiger partial charge in [0, 0.05) is 17.0 Å². The SMILES string of the molecule is COc1ccc(F)cc1C(C)(C)CC(O)(Cc1ccc(/C=N/O)cc1Cl)C(F)(F)F. The molecule has 0 heterocycles. The molecule has 1 unspecified atom stereocenters. The highest BCUT2D eigenvalue weighted by Gasteiger charge is 2.56. The van der Waals surface area contributed by atoms with Crippen molar-refractivity contribution in [2.45, 2.75) is 43.9 Å². The number of rotatable bonds is 7. The van der Waals surface area contributed by atoms with Crippen molar-refractivity contribution >= 4 is 17.8 Å². The normalized spacial score (nSPS) is 14.7. The number of benzene rings is 2. The number of hydrogen-bond acceptors (Lipinski definition) is 4. The summed E-state index contributed by atoms with van der Waals surface area (Å²) in [4.78, 5) is 0. The largest absolute Gasteiger partial charge is 0.496 e. The second kappa shape index (κ2) is 8.81. The van der Waals surface area contributed by atoms with E-state index in [4.69, 9.17) is 21.5 Å². The second-order valence-electron chi connectivity index (χ2n) is 7.71. The Bertz CT molecular complexity index is 931. The first kappa shape index (κ1) is 24.0. The summed E-state index contributed by atoms with van der Waals surface area (Å²) < 4.78 is 60.9. The molecule has 2 N–H and O–H groups in total. The molecule has 9 heteroatoms. The third kappa shape index (κ3) is 5.23. The van der Waals surface area contributed by atoms with Crippen LogP contribution in [0.4, 0.5) is 17.6 Å². The standard InChI is InChI=1S/C21H22ClF4NO3/c1-19(2,16-9-15(23)6-7-18(16)30-3)12-20(28,21(24,25)26)10-14-5-4-13(11-27-29)8-17(14)22/h4-9,11,28-29H,10,12H2,1-3H3/b27-11+. The van der Waals surface area contributed by atoms with Gasteiger partial charge in [0.25, 0.3) is 0 Å². The fraction of sp³-hybridized carbons (Fsp3) is 0.381. The molecule has 0 radical (unpaired) electrons. The van der Waals surface area contributed by atoms with E-state index in [9.17, 15) is 22.7 Å². The number of aliphatic hydroxyl groups is 1. The molecule has 2 aromatic rings. The first-order valence-electron chi connectivity index (χ1n) is 8.92. The van der Waals surface area contributed by atoms with Gasteiger partial charge in [-0.25, -0.2) is 4.39 Å². The van der Waals surface area contributed by atoms with Crippen molar-refractivity contribution in [3.63, 3.8) is 0 Å². The van der Waals surface area contributed by atoms with Crippen molar-refractivity contribution in [2.24, 2.45) is 5.16 Å². The van der Waals surface area contributed by atoms with E-state index in [0.29, 0.717) is 5.56 Å². The van der Waals surface area contributed by atoms with Gasteiger partial charge in [-0.1, -0.05) is 42.7 Å². The quantitative estimate of drug-likeness (QED) is 0.255. The van der Waals surface area contributed by atoms with Gasteiger partial charge in [0.1, 0.15) is 11.6 Å². The van der Waals surface area contributed by atoms with Gasteiger partial charge in [0.05, 0.1) is 13.3 Å². The molecule has 0 aromatic heterocycles. The van der Waals surface area contributed by atoms with E-state index < -0.39 is 35.9 Å². The molecule has 0 saturated heterocycles. The molecular formula is C21H22ClF4NO3. The van der Waals surface area contributed by atoms with Crippen LogP contribution in [0.5, 0.6) is 5.75 Å². The van der Waals surface area contributed by atoms with Crippen molar-refractivity contribution in [3.8, 4) is 5.75 Å². The number of nitrogens with zero attached hydrogens (tertiary/aromatic N) is 1. The van der Waals surface area contributed by atoms with E-state index in [2.05, 4.69) is 5.16 Å². The minimum Gasteiger partial charge on any atom is -0.496 e. The molecule has 0 aliphatic carbocycles. The van der Waals surface area contributed by atoms with Crippen LogP contribution in [-0.4, -0.2) is 35.4 Å². The number of halogens is 5. The molecule has 0 amide bonds. The molecular weight excluding hydrogens is 426 g/mol. The smallest absolute Gasteiger partial charge is 0.417 e.